The Morgan fingerprint density at radius 1 is 1.08 bits per heavy atom. The van der Waals surface area contributed by atoms with E-state index < -0.39 is 12.0 Å². The van der Waals surface area contributed by atoms with E-state index in [0.29, 0.717) is 24.3 Å². The molecular formula is C29H33N3O4. The largest absolute Gasteiger partial charge is 0.493 e. The number of nitrogens with one attached hydrogen (secondary N) is 2. The van der Waals surface area contributed by atoms with E-state index in [9.17, 15) is 14.7 Å². The van der Waals surface area contributed by atoms with Gasteiger partial charge < -0.3 is 20.5 Å². The number of benzene rings is 2. The molecule has 0 saturated carbocycles. The summed E-state index contributed by atoms with van der Waals surface area (Å²) in [5.41, 5.74) is 6.31. The molecular weight excluding hydrogens is 454 g/mol. The lowest BCUT2D eigenvalue weighted by molar-refractivity contribution is -0.139. The summed E-state index contributed by atoms with van der Waals surface area (Å²) in [5.74, 6) is 0.244. The van der Waals surface area contributed by atoms with E-state index in [2.05, 4.69) is 27.8 Å². The van der Waals surface area contributed by atoms with E-state index in [-0.39, 0.29) is 12.3 Å². The summed E-state index contributed by atoms with van der Waals surface area (Å²) in [6, 6.07) is 14.3. The smallest absolute Gasteiger partial charge is 0.326 e. The first-order valence-corrected chi connectivity index (χ1v) is 12.4. The SMILES string of the molecule is Cc1cc(C)c(C(=O)N[C@@H](Cc2ccc(OCCc3ccc4c(n3)NCCC4)cc2)C(=O)O)c(C)c1. The van der Waals surface area contributed by atoms with Gasteiger partial charge in [-0.3, -0.25) is 4.79 Å². The third-order valence-electron chi connectivity index (χ3n) is 6.45. The van der Waals surface area contributed by atoms with E-state index >= 15 is 0 Å². The second kappa shape index (κ2) is 11.2. The van der Waals surface area contributed by atoms with Crippen molar-refractivity contribution in [1.82, 2.24) is 10.3 Å². The highest BCUT2D eigenvalue weighted by Gasteiger charge is 2.23. The maximum absolute atomic E-state index is 12.9. The zero-order valence-electron chi connectivity index (χ0n) is 21.1. The molecule has 7 heteroatoms. The van der Waals surface area contributed by atoms with Gasteiger partial charge in [0.2, 0.25) is 0 Å². The van der Waals surface area contributed by atoms with Crippen LogP contribution < -0.4 is 15.4 Å². The molecule has 36 heavy (non-hydrogen) atoms. The molecule has 0 unspecified atom stereocenters. The van der Waals surface area contributed by atoms with Crippen molar-refractivity contribution in [2.24, 2.45) is 0 Å². The number of rotatable bonds is 9. The molecule has 1 aliphatic rings. The van der Waals surface area contributed by atoms with Gasteiger partial charge in [-0.05, 0) is 74.1 Å². The van der Waals surface area contributed by atoms with Gasteiger partial charge in [-0.2, -0.15) is 0 Å². The molecule has 1 atom stereocenters. The van der Waals surface area contributed by atoms with Crippen LogP contribution in [0.4, 0.5) is 5.82 Å². The molecule has 0 aliphatic carbocycles. The highest BCUT2D eigenvalue weighted by atomic mass is 16.5. The fourth-order valence-corrected chi connectivity index (χ4v) is 4.71. The topological polar surface area (TPSA) is 101 Å². The molecule has 4 rings (SSSR count). The third-order valence-corrected chi connectivity index (χ3v) is 6.45. The van der Waals surface area contributed by atoms with Crippen LogP contribution in [-0.4, -0.2) is 41.2 Å². The Balaban J connectivity index is 1.32. The van der Waals surface area contributed by atoms with Crippen LogP contribution >= 0.6 is 0 Å². The minimum atomic E-state index is -1.07. The van der Waals surface area contributed by atoms with Crippen LogP contribution in [0.25, 0.3) is 0 Å². The fourth-order valence-electron chi connectivity index (χ4n) is 4.71. The van der Waals surface area contributed by atoms with Crippen LogP contribution in [0, 0.1) is 20.8 Å². The first kappa shape index (κ1) is 25.2. The fraction of sp³-hybridized carbons (Fsp3) is 0.345. The molecule has 3 N–H and O–H groups in total. The van der Waals surface area contributed by atoms with E-state index in [0.717, 1.165) is 53.2 Å². The van der Waals surface area contributed by atoms with Crippen molar-refractivity contribution in [2.75, 3.05) is 18.5 Å². The zero-order valence-corrected chi connectivity index (χ0v) is 21.1. The predicted octanol–water partition coefficient (Wildman–Crippen LogP) is 4.41. The van der Waals surface area contributed by atoms with E-state index in [1.54, 1.807) is 0 Å². The average Bonchev–Trinajstić information content (AvgIpc) is 2.84. The van der Waals surface area contributed by atoms with Gasteiger partial charge in [0, 0.05) is 30.6 Å². The van der Waals surface area contributed by atoms with Gasteiger partial charge in [0.25, 0.3) is 5.91 Å². The summed E-state index contributed by atoms with van der Waals surface area (Å²) in [7, 11) is 0. The van der Waals surface area contributed by atoms with Gasteiger partial charge in [0.15, 0.2) is 0 Å². The average molecular weight is 488 g/mol. The summed E-state index contributed by atoms with van der Waals surface area (Å²) in [5, 5.41) is 15.8. The quantitative estimate of drug-likeness (QED) is 0.413. The van der Waals surface area contributed by atoms with Crippen molar-refractivity contribution in [1.29, 1.82) is 0 Å². The Morgan fingerprint density at radius 3 is 2.50 bits per heavy atom. The van der Waals surface area contributed by atoms with Crippen molar-refractivity contribution < 1.29 is 19.4 Å². The molecule has 1 aliphatic heterocycles. The van der Waals surface area contributed by atoms with Crippen molar-refractivity contribution in [3.63, 3.8) is 0 Å². The lowest BCUT2D eigenvalue weighted by Gasteiger charge is -2.18. The molecule has 3 aromatic rings. The number of aromatic nitrogens is 1. The number of anilines is 1. The highest BCUT2D eigenvalue weighted by molar-refractivity contribution is 5.99. The summed E-state index contributed by atoms with van der Waals surface area (Å²) in [4.78, 5) is 29.4. The summed E-state index contributed by atoms with van der Waals surface area (Å²) < 4.78 is 5.87. The Labute approximate surface area is 211 Å². The summed E-state index contributed by atoms with van der Waals surface area (Å²) in [6.45, 7) is 7.15. The molecule has 1 aromatic heterocycles. The molecule has 2 heterocycles. The van der Waals surface area contributed by atoms with E-state index in [1.807, 2.05) is 57.2 Å². The number of fused-ring (bicyclic) bond motifs is 1. The minimum Gasteiger partial charge on any atom is -0.493 e. The van der Waals surface area contributed by atoms with Gasteiger partial charge in [-0.1, -0.05) is 35.9 Å². The molecule has 1 amide bonds. The number of carbonyl (C=O) groups excluding carboxylic acids is 1. The number of ether oxygens (including phenoxy) is 1. The van der Waals surface area contributed by atoms with Crippen LogP contribution in [-0.2, 0) is 24.1 Å². The summed E-state index contributed by atoms with van der Waals surface area (Å²) >= 11 is 0. The van der Waals surface area contributed by atoms with Gasteiger partial charge in [-0.25, -0.2) is 9.78 Å². The maximum atomic E-state index is 12.9. The molecule has 188 valence electrons. The van der Waals surface area contributed by atoms with Crippen molar-refractivity contribution in [3.8, 4) is 5.75 Å². The molecule has 0 saturated heterocycles. The standard InChI is InChI=1S/C29H33N3O4/c1-18-15-19(2)26(20(3)16-18)28(33)32-25(29(34)35)17-21-6-10-24(11-7-21)36-14-12-23-9-8-22-5-4-13-30-27(22)31-23/h6-11,15-16,25H,4-5,12-14,17H2,1-3H3,(H,30,31)(H,32,33)(H,34,35)/t25-/m0/s1. The van der Waals surface area contributed by atoms with Gasteiger partial charge in [0.05, 0.1) is 6.61 Å². The van der Waals surface area contributed by atoms with E-state index in [4.69, 9.17) is 4.74 Å². The molecule has 0 radical (unpaired) electrons. The van der Waals surface area contributed by atoms with Crippen LogP contribution in [0.5, 0.6) is 5.75 Å². The van der Waals surface area contributed by atoms with Crippen LogP contribution in [0.3, 0.4) is 0 Å². The van der Waals surface area contributed by atoms with Crippen LogP contribution in [0.1, 0.15) is 50.3 Å². The lowest BCUT2D eigenvalue weighted by atomic mass is 9.98. The van der Waals surface area contributed by atoms with Crippen LogP contribution in [0.15, 0.2) is 48.5 Å². The van der Waals surface area contributed by atoms with Crippen molar-refractivity contribution >= 4 is 17.7 Å². The molecule has 7 nitrogen and oxygen atoms in total. The molecule has 0 fully saturated rings. The Kier molecular flexibility index (Phi) is 7.88. The number of pyridine rings is 1. The number of carbonyl (C=O) groups is 2. The first-order chi connectivity index (χ1) is 17.3. The molecule has 2 aromatic carbocycles. The molecule has 0 bridgehead atoms. The Hall–Kier alpha value is -3.87. The Morgan fingerprint density at radius 2 is 1.81 bits per heavy atom. The predicted molar refractivity (Wildman–Crippen MR) is 140 cm³/mol. The second-order valence-electron chi connectivity index (χ2n) is 9.43. The first-order valence-electron chi connectivity index (χ1n) is 12.4. The number of hydrogen-bond donors (Lipinski definition) is 3. The minimum absolute atomic E-state index is 0.178. The van der Waals surface area contributed by atoms with Crippen molar-refractivity contribution in [2.45, 2.75) is 52.5 Å². The maximum Gasteiger partial charge on any atom is 0.326 e. The van der Waals surface area contributed by atoms with E-state index in [1.165, 1.54) is 5.56 Å². The number of hydrogen-bond acceptors (Lipinski definition) is 5. The van der Waals surface area contributed by atoms with Crippen LogP contribution in [0.2, 0.25) is 0 Å². The number of amides is 1. The highest BCUT2D eigenvalue weighted by Crippen LogP contribution is 2.21. The second-order valence-corrected chi connectivity index (χ2v) is 9.43. The number of aliphatic carboxylic acids is 1. The van der Waals surface area contributed by atoms with Gasteiger partial charge >= 0.3 is 5.97 Å². The normalized spacial score (nSPS) is 13.3. The zero-order chi connectivity index (χ0) is 25.7. The lowest BCUT2D eigenvalue weighted by Crippen LogP contribution is -2.42. The number of carboxylic acid groups (broad SMARTS) is 1. The number of aryl methyl sites for hydroxylation is 4. The monoisotopic (exact) mass is 487 g/mol. The van der Waals surface area contributed by atoms with Gasteiger partial charge in [-0.15, -0.1) is 0 Å². The van der Waals surface area contributed by atoms with Gasteiger partial charge in [0.1, 0.15) is 17.6 Å². The Bertz CT molecular complexity index is 1230. The third kappa shape index (κ3) is 6.22. The number of carboxylic acids is 1. The summed E-state index contributed by atoms with van der Waals surface area (Å²) in [6.07, 6.45) is 3.08. The van der Waals surface area contributed by atoms with Crippen molar-refractivity contribution in [3.05, 3.63) is 87.6 Å². The molecule has 0 spiro atoms. The number of nitrogens with zero attached hydrogens (tertiary/aromatic N) is 1.